The Labute approximate surface area is 190 Å². The monoisotopic (exact) mass is 435 g/mol. The molecule has 1 unspecified atom stereocenters. The largest absolute Gasteiger partial charge is 0.458 e. The Morgan fingerprint density at radius 3 is 2.75 bits per heavy atom. The molecule has 168 valence electrons. The molecule has 0 bridgehead atoms. The zero-order chi connectivity index (χ0) is 23.3. The van der Waals surface area contributed by atoms with Crippen molar-refractivity contribution < 1.29 is 14.2 Å². The zero-order valence-corrected chi connectivity index (χ0v) is 18.8. The fourth-order valence-corrected chi connectivity index (χ4v) is 2.68. The maximum absolute atomic E-state index is 13.5. The highest BCUT2D eigenvalue weighted by molar-refractivity contribution is 5.75. The summed E-state index contributed by atoms with van der Waals surface area (Å²) in [5.41, 5.74) is 2.31. The van der Waals surface area contributed by atoms with Crippen LogP contribution in [0.1, 0.15) is 19.4 Å². The van der Waals surface area contributed by atoms with Gasteiger partial charge in [-0.25, -0.2) is 4.39 Å². The number of nitrogens with one attached hydrogen (secondary N) is 1. The lowest BCUT2D eigenvalue weighted by molar-refractivity contribution is 0.249. The molecule has 32 heavy (non-hydrogen) atoms. The molecule has 0 saturated carbocycles. The summed E-state index contributed by atoms with van der Waals surface area (Å²) in [4.78, 5) is 5.83. The Bertz CT molecular complexity index is 992. The molecule has 1 aromatic carbocycles. The summed E-state index contributed by atoms with van der Waals surface area (Å²) in [6, 6.07) is 7.46. The van der Waals surface area contributed by atoms with Crippen molar-refractivity contribution in [2.45, 2.75) is 13.8 Å². The molecule has 0 saturated heterocycles. The first kappa shape index (κ1) is 24.7. The molecule has 0 amide bonds. The normalized spacial score (nSPS) is 19.8. The minimum Gasteiger partial charge on any atom is -0.458 e. The molecule has 0 radical (unpaired) electrons. The van der Waals surface area contributed by atoms with Gasteiger partial charge in [-0.3, -0.25) is 4.99 Å². The number of benzene rings is 1. The van der Waals surface area contributed by atoms with Gasteiger partial charge in [0.2, 0.25) is 0 Å². The maximum Gasteiger partial charge on any atom is 0.137 e. The molecule has 1 atom stereocenters. The first-order valence-corrected chi connectivity index (χ1v) is 10.4. The first-order chi connectivity index (χ1) is 15.4. The molecule has 2 N–H and O–H groups in total. The SMILES string of the molecule is C=C(/C=C\C(=C/C)Oc1ccc(C#C/C2=C/C(C)/C=C(/F)C=NCN2)cc1)N(C)CCO. The summed E-state index contributed by atoms with van der Waals surface area (Å²) >= 11 is 0. The Hall–Kier alpha value is -3.56. The predicted molar refractivity (Wildman–Crippen MR) is 129 cm³/mol. The Kier molecular flexibility index (Phi) is 10.0. The number of aliphatic hydroxyl groups is 1. The summed E-state index contributed by atoms with van der Waals surface area (Å²) in [5.74, 6) is 7.10. The van der Waals surface area contributed by atoms with Gasteiger partial charge in [0.1, 0.15) is 24.0 Å². The third-order valence-electron chi connectivity index (χ3n) is 4.51. The molecule has 1 heterocycles. The van der Waals surface area contributed by atoms with Crippen molar-refractivity contribution in [1.29, 1.82) is 0 Å². The third kappa shape index (κ3) is 8.66. The predicted octanol–water partition coefficient (Wildman–Crippen LogP) is 4.32. The van der Waals surface area contributed by atoms with Crippen LogP contribution in [0.3, 0.4) is 0 Å². The van der Waals surface area contributed by atoms with Crippen molar-refractivity contribution in [1.82, 2.24) is 10.2 Å². The van der Waals surface area contributed by atoms with Gasteiger partial charge >= 0.3 is 0 Å². The van der Waals surface area contributed by atoms with E-state index in [9.17, 15) is 4.39 Å². The van der Waals surface area contributed by atoms with Gasteiger partial charge < -0.3 is 20.1 Å². The molecule has 0 fully saturated rings. The Balaban J connectivity index is 2.03. The van der Waals surface area contributed by atoms with Crippen molar-refractivity contribution in [2.24, 2.45) is 10.9 Å². The van der Waals surface area contributed by atoms with Crippen molar-refractivity contribution >= 4 is 6.21 Å². The maximum atomic E-state index is 13.5. The fraction of sp³-hybridized carbons (Fsp3) is 0.269. The van der Waals surface area contributed by atoms with Gasteiger partial charge in [-0.2, -0.15) is 0 Å². The number of halogens is 1. The van der Waals surface area contributed by atoms with E-state index in [-0.39, 0.29) is 25.0 Å². The smallest absolute Gasteiger partial charge is 0.137 e. The second-order valence-electron chi connectivity index (χ2n) is 7.17. The van der Waals surface area contributed by atoms with Crippen LogP contribution in [0.4, 0.5) is 4.39 Å². The van der Waals surface area contributed by atoms with Crippen molar-refractivity contribution in [2.75, 3.05) is 26.9 Å². The van der Waals surface area contributed by atoms with Crippen LogP contribution < -0.4 is 10.1 Å². The van der Waals surface area contributed by atoms with E-state index in [1.165, 1.54) is 12.3 Å². The summed E-state index contributed by atoms with van der Waals surface area (Å²) in [5, 5.41) is 12.1. The quantitative estimate of drug-likeness (QED) is 0.381. The summed E-state index contributed by atoms with van der Waals surface area (Å²) in [6.45, 7) is 8.61. The third-order valence-corrected chi connectivity index (χ3v) is 4.51. The van der Waals surface area contributed by atoms with E-state index in [2.05, 4.69) is 28.7 Å². The standard InChI is InChI=1S/C26H30FN3O2/c1-5-25(11-6-21(3)30(4)14-15-31)32-26-12-8-22(9-13-26)7-10-24-17-20(2)16-23(27)18-28-19-29-24/h5-6,8-9,11-13,16-18,20,29,31H,3,14-15,19H2,1-2,4H3/b11-6-,23-16+,24-17-,25-5+,28-18?. The van der Waals surface area contributed by atoms with Gasteiger partial charge in [-0.05, 0) is 73.4 Å². The molecular formula is C26H30FN3O2. The van der Waals surface area contributed by atoms with Gasteiger partial charge in [0.05, 0.1) is 18.5 Å². The molecular weight excluding hydrogens is 405 g/mol. The number of likely N-dealkylation sites (N-methyl/N-ethyl adjacent to an activating group) is 1. The minimum absolute atomic E-state index is 0.0709. The summed E-state index contributed by atoms with van der Waals surface area (Å²) in [6.07, 6.45) is 10.1. The van der Waals surface area contributed by atoms with E-state index < -0.39 is 0 Å². The van der Waals surface area contributed by atoms with Crippen molar-refractivity contribution in [3.63, 3.8) is 0 Å². The van der Waals surface area contributed by atoms with Crippen molar-refractivity contribution in [3.05, 3.63) is 89.8 Å². The van der Waals surface area contributed by atoms with E-state index in [1.807, 2.05) is 74.4 Å². The lowest BCUT2D eigenvalue weighted by Crippen LogP contribution is -2.19. The van der Waals surface area contributed by atoms with Crippen LogP contribution in [0.2, 0.25) is 0 Å². The number of aliphatic imine (C=N–C) groups is 1. The number of rotatable bonds is 7. The van der Waals surface area contributed by atoms with E-state index >= 15 is 0 Å². The van der Waals surface area contributed by atoms with Crippen molar-refractivity contribution in [3.8, 4) is 17.6 Å². The van der Waals surface area contributed by atoms with Gasteiger partial charge in [-0.1, -0.05) is 19.4 Å². The number of hydrogen-bond acceptors (Lipinski definition) is 5. The molecule has 1 aromatic rings. The first-order valence-electron chi connectivity index (χ1n) is 10.4. The second kappa shape index (κ2) is 13.0. The number of ether oxygens (including phenoxy) is 1. The number of nitrogens with zero attached hydrogens (tertiary/aromatic N) is 2. The van der Waals surface area contributed by atoms with Crippen LogP contribution in [0, 0.1) is 17.8 Å². The molecule has 1 aliphatic rings. The van der Waals surface area contributed by atoms with Crippen LogP contribution in [0.25, 0.3) is 0 Å². The molecule has 2 rings (SSSR count). The molecule has 0 spiro atoms. The summed E-state index contributed by atoms with van der Waals surface area (Å²) in [7, 11) is 1.87. The van der Waals surface area contributed by atoms with E-state index in [0.717, 1.165) is 11.3 Å². The molecule has 5 nitrogen and oxygen atoms in total. The lowest BCUT2D eigenvalue weighted by atomic mass is 10.1. The van der Waals surface area contributed by atoms with Gasteiger partial charge in [0.25, 0.3) is 0 Å². The van der Waals surface area contributed by atoms with Gasteiger partial charge in [0, 0.05) is 24.9 Å². The van der Waals surface area contributed by atoms with Crippen LogP contribution in [-0.4, -0.2) is 43.1 Å². The van der Waals surface area contributed by atoms with Crippen LogP contribution in [0.5, 0.6) is 5.75 Å². The zero-order valence-electron chi connectivity index (χ0n) is 18.8. The van der Waals surface area contributed by atoms with E-state index in [1.54, 1.807) is 0 Å². The van der Waals surface area contributed by atoms with E-state index in [4.69, 9.17) is 9.84 Å². The second-order valence-corrected chi connectivity index (χ2v) is 7.17. The average molecular weight is 436 g/mol. The number of aliphatic hydroxyl groups excluding tert-OH is 1. The lowest BCUT2D eigenvalue weighted by Gasteiger charge is -2.17. The minimum atomic E-state index is -0.350. The Morgan fingerprint density at radius 1 is 1.31 bits per heavy atom. The van der Waals surface area contributed by atoms with Crippen LogP contribution in [-0.2, 0) is 0 Å². The topological polar surface area (TPSA) is 57.1 Å². The fourth-order valence-electron chi connectivity index (χ4n) is 2.68. The van der Waals surface area contributed by atoms with E-state index in [0.29, 0.717) is 23.8 Å². The number of hydrogen-bond donors (Lipinski definition) is 2. The number of allylic oxidation sites excluding steroid dienone is 7. The highest BCUT2D eigenvalue weighted by Crippen LogP contribution is 2.16. The van der Waals surface area contributed by atoms with Gasteiger partial charge in [-0.15, -0.1) is 0 Å². The molecule has 0 aliphatic carbocycles. The van der Waals surface area contributed by atoms with Crippen LogP contribution >= 0.6 is 0 Å². The van der Waals surface area contributed by atoms with Crippen LogP contribution in [0.15, 0.2) is 89.2 Å². The average Bonchev–Trinajstić information content (AvgIpc) is 2.85. The Morgan fingerprint density at radius 2 is 2.06 bits per heavy atom. The highest BCUT2D eigenvalue weighted by atomic mass is 19.1. The highest BCUT2D eigenvalue weighted by Gasteiger charge is 2.03. The summed E-state index contributed by atoms with van der Waals surface area (Å²) < 4.78 is 19.4. The molecule has 1 aliphatic heterocycles. The van der Waals surface area contributed by atoms with Gasteiger partial charge in [0.15, 0.2) is 0 Å². The molecule has 0 aromatic heterocycles. The molecule has 6 heteroatoms.